The van der Waals surface area contributed by atoms with Gasteiger partial charge in [-0.15, -0.1) is 0 Å². The molecule has 0 bridgehead atoms. The number of benzene rings is 2. The zero-order chi connectivity index (χ0) is 39.2. The Morgan fingerprint density at radius 1 is 0.642 bits per heavy atom. The summed E-state index contributed by atoms with van der Waals surface area (Å²) in [4.78, 5) is 93.6. The third-order valence-electron chi connectivity index (χ3n) is 9.29. The number of aliphatic carboxylic acids is 2. The van der Waals surface area contributed by atoms with E-state index in [4.69, 9.17) is 0 Å². The molecule has 1 heterocycles. The van der Waals surface area contributed by atoms with Crippen LogP contribution in [0.3, 0.4) is 0 Å². The Bertz CT molecular complexity index is 1760. The monoisotopic (exact) mass is 734 g/mol. The lowest BCUT2D eigenvalue weighted by atomic mass is 9.94. The van der Waals surface area contributed by atoms with Gasteiger partial charge in [-0.1, -0.05) is 89.1 Å². The van der Waals surface area contributed by atoms with Gasteiger partial charge in [0.1, 0.15) is 30.2 Å². The SMILES string of the molecule is CC[C@H](C)[C@H](NC(=O)[C@H](CC(=O)O)NC(=O)[C@@H](Cc1ccccc1)NC(C)=O)C(=O)N[C@H](C(=O)N[C@@H](Cc1c[nH]c2ccccc12)C(=O)O)[C@@H](C)CC. The Kier molecular flexibility index (Phi) is 15.5. The molecule has 0 aliphatic rings. The molecule has 15 nitrogen and oxygen atoms in total. The van der Waals surface area contributed by atoms with Crippen molar-refractivity contribution in [1.29, 1.82) is 0 Å². The molecule has 0 fully saturated rings. The number of carboxylic acids is 2. The number of nitrogens with one attached hydrogen (secondary N) is 6. The average Bonchev–Trinajstić information content (AvgIpc) is 3.53. The fourth-order valence-corrected chi connectivity index (χ4v) is 5.84. The van der Waals surface area contributed by atoms with E-state index in [0.717, 1.165) is 10.9 Å². The van der Waals surface area contributed by atoms with Crippen molar-refractivity contribution in [2.45, 2.75) is 96.9 Å². The number of para-hydroxylation sites is 1. The molecule has 0 aliphatic carbocycles. The molecular formula is C38H50N6O9. The van der Waals surface area contributed by atoms with E-state index in [0.29, 0.717) is 24.0 Å². The first-order chi connectivity index (χ1) is 25.1. The van der Waals surface area contributed by atoms with Crippen molar-refractivity contribution in [3.8, 4) is 0 Å². The molecule has 3 rings (SSSR count). The molecule has 0 spiro atoms. The summed E-state index contributed by atoms with van der Waals surface area (Å²) >= 11 is 0. The van der Waals surface area contributed by atoms with Gasteiger partial charge < -0.3 is 41.8 Å². The van der Waals surface area contributed by atoms with Crippen molar-refractivity contribution in [3.05, 3.63) is 71.9 Å². The molecular weight excluding hydrogens is 684 g/mol. The molecule has 5 amide bonds. The first-order valence-electron chi connectivity index (χ1n) is 17.7. The Balaban J connectivity index is 1.80. The molecule has 1 aromatic heterocycles. The van der Waals surface area contributed by atoms with Gasteiger partial charge in [0.15, 0.2) is 0 Å². The van der Waals surface area contributed by atoms with Crippen LogP contribution in [0.4, 0.5) is 0 Å². The fourth-order valence-electron chi connectivity index (χ4n) is 5.84. The Morgan fingerprint density at radius 3 is 1.74 bits per heavy atom. The van der Waals surface area contributed by atoms with Crippen molar-refractivity contribution >= 4 is 52.4 Å². The molecule has 286 valence electrons. The third-order valence-corrected chi connectivity index (χ3v) is 9.29. The summed E-state index contributed by atoms with van der Waals surface area (Å²) in [5, 5.41) is 33.2. The number of hydrogen-bond acceptors (Lipinski definition) is 7. The lowest BCUT2D eigenvalue weighted by Gasteiger charge is -2.30. The maximum absolute atomic E-state index is 13.9. The van der Waals surface area contributed by atoms with Crippen molar-refractivity contribution in [2.75, 3.05) is 0 Å². The van der Waals surface area contributed by atoms with Gasteiger partial charge in [0.2, 0.25) is 29.5 Å². The summed E-state index contributed by atoms with van der Waals surface area (Å²) < 4.78 is 0. The number of carbonyl (C=O) groups excluding carboxylic acids is 5. The van der Waals surface area contributed by atoms with E-state index in [-0.39, 0.29) is 12.8 Å². The Hall–Kier alpha value is -5.73. The highest BCUT2D eigenvalue weighted by molar-refractivity contribution is 5.97. The number of rotatable bonds is 20. The normalized spacial score (nSPS) is 15.0. The number of aromatic amines is 1. The molecule has 0 saturated carbocycles. The third kappa shape index (κ3) is 12.2. The molecule has 0 aliphatic heterocycles. The zero-order valence-corrected chi connectivity index (χ0v) is 30.6. The Morgan fingerprint density at radius 2 is 1.17 bits per heavy atom. The van der Waals surface area contributed by atoms with Crippen LogP contribution in [0.15, 0.2) is 60.8 Å². The van der Waals surface area contributed by atoms with Crippen LogP contribution in [0.25, 0.3) is 10.9 Å². The van der Waals surface area contributed by atoms with E-state index in [1.165, 1.54) is 6.92 Å². The smallest absolute Gasteiger partial charge is 0.326 e. The second kappa shape index (κ2) is 19.8. The molecule has 53 heavy (non-hydrogen) atoms. The van der Waals surface area contributed by atoms with Gasteiger partial charge in [-0.25, -0.2) is 4.79 Å². The number of amides is 5. The van der Waals surface area contributed by atoms with Crippen LogP contribution < -0.4 is 26.6 Å². The van der Waals surface area contributed by atoms with Crippen molar-refractivity contribution in [2.24, 2.45) is 11.8 Å². The van der Waals surface area contributed by atoms with Crippen LogP contribution in [-0.4, -0.2) is 86.9 Å². The first kappa shape index (κ1) is 41.7. The number of hydrogen-bond donors (Lipinski definition) is 8. The molecule has 8 N–H and O–H groups in total. The average molecular weight is 735 g/mol. The van der Waals surface area contributed by atoms with Gasteiger partial charge in [0.05, 0.1) is 6.42 Å². The van der Waals surface area contributed by atoms with Crippen molar-refractivity contribution in [3.63, 3.8) is 0 Å². The lowest BCUT2D eigenvalue weighted by Crippen LogP contribution is -2.61. The van der Waals surface area contributed by atoms with E-state index >= 15 is 0 Å². The van der Waals surface area contributed by atoms with Crippen molar-refractivity contribution in [1.82, 2.24) is 31.6 Å². The molecule has 15 heteroatoms. The molecule has 0 saturated heterocycles. The number of aromatic nitrogens is 1. The summed E-state index contributed by atoms with van der Waals surface area (Å²) in [5.41, 5.74) is 2.20. The molecule has 0 unspecified atom stereocenters. The standard InChI is InChI=1S/C38H50N6O9/c1-6-21(3)32(36(50)42-30(38(52)53)18-25-20-39-27-16-12-11-15-26(25)27)44-37(51)33(22(4)7-2)43-35(49)29(19-31(46)47)41-34(48)28(40-23(5)45)17-24-13-9-8-10-14-24/h8-16,20-22,28-30,32-33,39H,6-7,17-19H2,1-5H3,(H,40,45)(H,41,48)(H,42,50)(H,43,49)(H,44,51)(H,46,47)(H,52,53)/t21-,22-,28+,29-,30-,32-,33-/m0/s1. The van der Waals surface area contributed by atoms with Gasteiger partial charge in [-0.2, -0.15) is 0 Å². The first-order valence-corrected chi connectivity index (χ1v) is 17.7. The quantitative estimate of drug-likeness (QED) is 0.0847. The number of carbonyl (C=O) groups is 7. The predicted molar refractivity (Wildman–Crippen MR) is 196 cm³/mol. The van der Waals surface area contributed by atoms with Crippen LogP contribution in [0.5, 0.6) is 0 Å². The second-order valence-electron chi connectivity index (χ2n) is 13.3. The van der Waals surface area contributed by atoms with Gasteiger partial charge in [-0.05, 0) is 29.0 Å². The number of H-pyrrole nitrogens is 1. The maximum atomic E-state index is 13.9. The van der Waals surface area contributed by atoms with Crippen LogP contribution in [-0.2, 0) is 46.4 Å². The minimum atomic E-state index is -1.62. The summed E-state index contributed by atoms with van der Waals surface area (Å²) in [6.07, 6.45) is 1.72. The van der Waals surface area contributed by atoms with E-state index < -0.39 is 89.9 Å². The highest BCUT2D eigenvalue weighted by Gasteiger charge is 2.36. The Labute approximate surface area is 308 Å². The fraction of sp³-hybridized carbons (Fsp3) is 0.447. The summed E-state index contributed by atoms with van der Waals surface area (Å²) in [7, 11) is 0. The summed E-state index contributed by atoms with van der Waals surface area (Å²) in [6.45, 7) is 8.20. The van der Waals surface area contributed by atoms with Crippen LogP contribution in [0.2, 0.25) is 0 Å². The largest absolute Gasteiger partial charge is 0.481 e. The highest BCUT2D eigenvalue weighted by atomic mass is 16.4. The van der Waals surface area contributed by atoms with E-state index in [1.807, 2.05) is 24.3 Å². The molecule has 3 aromatic rings. The lowest BCUT2D eigenvalue weighted by molar-refractivity contribution is -0.142. The zero-order valence-electron chi connectivity index (χ0n) is 30.6. The van der Waals surface area contributed by atoms with Crippen LogP contribution in [0, 0.1) is 11.8 Å². The highest BCUT2D eigenvalue weighted by Crippen LogP contribution is 2.20. The topological polar surface area (TPSA) is 236 Å². The van der Waals surface area contributed by atoms with Gasteiger partial charge in [0.25, 0.3) is 0 Å². The molecule has 0 radical (unpaired) electrons. The summed E-state index contributed by atoms with van der Waals surface area (Å²) in [6, 6.07) is 9.60. The van der Waals surface area contributed by atoms with E-state index in [1.54, 1.807) is 64.2 Å². The van der Waals surface area contributed by atoms with Gasteiger partial charge in [0, 0.05) is 36.9 Å². The second-order valence-corrected chi connectivity index (χ2v) is 13.3. The number of carboxylic acid groups (broad SMARTS) is 2. The van der Waals surface area contributed by atoms with E-state index in [9.17, 15) is 43.8 Å². The van der Waals surface area contributed by atoms with Crippen molar-refractivity contribution < 1.29 is 43.8 Å². The van der Waals surface area contributed by atoms with Crippen LogP contribution in [0.1, 0.15) is 65.0 Å². The molecule has 2 aromatic carbocycles. The minimum Gasteiger partial charge on any atom is -0.481 e. The maximum Gasteiger partial charge on any atom is 0.326 e. The number of fused-ring (bicyclic) bond motifs is 1. The van der Waals surface area contributed by atoms with Gasteiger partial charge in [-0.3, -0.25) is 28.8 Å². The molecule has 7 atom stereocenters. The van der Waals surface area contributed by atoms with E-state index in [2.05, 4.69) is 31.6 Å². The predicted octanol–water partition coefficient (Wildman–Crippen LogP) is 2.05. The van der Waals surface area contributed by atoms with Crippen LogP contribution >= 0.6 is 0 Å². The minimum absolute atomic E-state index is 0.0252. The van der Waals surface area contributed by atoms with Gasteiger partial charge >= 0.3 is 11.9 Å². The summed E-state index contributed by atoms with van der Waals surface area (Å²) in [5.74, 6) is -7.39.